The number of carboxylic acids is 1. The highest BCUT2D eigenvalue weighted by molar-refractivity contribution is 9.10. The SMILES string of the molecule is COc1ccc(Oc2cc(Br)ccc2C(=O)O)cc1. The van der Waals surface area contributed by atoms with Crippen LogP contribution in [-0.2, 0) is 0 Å². The van der Waals surface area contributed by atoms with Crippen LogP contribution in [0.15, 0.2) is 46.9 Å². The Morgan fingerprint density at radius 1 is 1.11 bits per heavy atom. The minimum atomic E-state index is -1.03. The maximum absolute atomic E-state index is 11.1. The Bertz CT molecular complexity index is 593. The Morgan fingerprint density at radius 2 is 1.74 bits per heavy atom. The molecule has 0 bridgehead atoms. The first-order valence-electron chi connectivity index (χ1n) is 5.45. The van der Waals surface area contributed by atoms with E-state index >= 15 is 0 Å². The molecule has 0 aliphatic heterocycles. The largest absolute Gasteiger partial charge is 0.497 e. The van der Waals surface area contributed by atoms with E-state index in [-0.39, 0.29) is 11.3 Å². The van der Waals surface area contributed by atoms with Crippen molar-refractivity contribution in [3.05, 3.63) is 52.5 Å². The fourth-order valence-corrected chi connectivity index (χ4v) is 1.87. The molecule has 0 saturated carbocycles. The first-order chi connectivity index (χ1) is 9.10. The van der Waals surface area contributed by atoms with Gasteiger partial charge in [0.15, 0.2) is 0 Å². The van der Waals surface area contributed by atoms with E-state index in [1.807, 2.05) is 0 Å². The first-order valence-corrected chi connectivity index (χ1v) is 6.24. The molecular weight excluding hydrogens is 312 g/mol. The fraction of sp³-hybridized carbons (Fsp3) is 0.0714. The van der Waals surface area contributed by atoms with Crippen LogP contribution in [0.4, 0.5) is 0 Å². The molecule has 1 N–H and O–H groups in total. The average molecular weight is 323 g/mol. The number of carboxylic acid groups (broad SMARTS) is 1. The van der Waals surface area contributed by atoms with Gasteiger partial charge in [0.1, 0.15) is 22.8 Å². The lowest BCUT2D eigenvalue weighted by Crippen LogP contribution is -1.99. The normalized spacial score (nSPS) is 10.0. The standard InChI is InChI=1S/C14H11BrO4/c1-18-10-3-5-11(6-4-10)19-13-8-9(15)2-7-12(13)14(16)17/h2-8H,1H3,(H,16,17). The molecule has 0 heterocycles. The molecule has 2 rings (SSSR count). The smallest absolute Gasteiger partial charge is 0.339 e. The summed E-state index contributed by atoms with van der Waals surface area (Å²) < 4.78 is 11.4. The highest BCUT2D eigenvalue weighted by Crippen LogP contribution is 2.29. The van der Waals surface area contributed by atoms with Crippen LogP contribution in [0.3, 0.4) is 0 Å². The Kier molecular flexibility index (Phi) is 4.06. The van der Waals surface area contributed by atoms with Gasteiger partial charge in [-0.25, -0.2) is 4.79 Å². The maximum Gasteiger partial charge on any atom is 0.339 e. The third kappa shape index (κ3) is 3.26. The van der Waals surface area contributed by atoms with E-state index in [4.69, 9.17) is 14.6 Å². The lowest BCUT2D eigenvalue weighted by atomic mass is 10.2. The Morgan fingerprint density at radius 3 is 2.32 bits per heavy atom. The first kappa shape index (κ1) is 13.4. The highest BCUT2D eigenvalue weighted by Gasteiger charge is 2.12. The van der Waals surface area contributed by atoms with Gasteiger partial charge >= 0.3 is 5.97 Å². The van der Waals surface area contributed by atoms with Crippen LogP contribution in [-0.4, -0.2) is 18.2 Å². The van der Waals surface area contributed by atoms with Crippen LogP contribution in [0.25, 0.3) is 0 Å². The van der Waals surface area contributed by atoms with Crippen molar-refractivity contribution in [3.8, 4) is 17.2 Å². The van der Waals surface area contributed by atoms with E-state index in [0.717, 1.165) is 4.47 Å². The van der Waals surface area contributed by atoms with Crippen LogP contribution < -0.4 is 9.47 Å². The quantitative estimate of drug-likeness (QED) is 0.926. The Balaban J connectivity index is 2.31. The van der Waals surface area contributed by atoms with Crippen LogP contribution in [0, 0.1) is 0 Å². The van der Waals surface area contributed by atoms with Crippen molar-refractivity contribution in [2.24, 2.45) is 0 Å². The Hall–Kier alpha value is -2.01. The summed E-state index contributed by atoms with van der Waals surface area (Å²) >= 11 is 3.29. The van der Waals surface area contributed by atoms with E-state index in [2.05, 4.69) is 15.9 Å². The molecule has 4 nitrogen and oxygen atoms in total. The number of hydrogen-bond acceptors (Lipinski definition) is 3. The van der Waals surface area contributed by atoms with Gasteiger partial charge < -0.3 is 14.6 Å². The second kappa shape index (κ2) is 5.75. The fourth-order valence-electron chi connectivity index (χ4n) is 1.53. The molecular formula is C14H11BrO4. The zero-order valence-corrected chi connectivity index (χ0v) is 11.7. The van der Waals surface area contributed by atoms with Crippen molar-refractivity contribution < 1.29 is 19.4 Å². The molecule has 0 aliphatic rings. The minimum absolute atomic E-state index is 0.110. The summed E-state index contributed by atoms with van der Waals surface area (Å²) in [5.74, 6) is 0.504. The average Bonchev–Trinajstić information content (AvgIpc) is 2.39. The lowest BCUT2D eigenvalue weighted by molar-refractivity contribution is 0.0694. The van der Waals surface area contributed by atoms with Gasteiger partial charge in [0.25, 0.3) is 0 Å². The molecule has 19 heavy (non-hydrogen) atoms. The van der Waals surface area contributed by atoms with Gasteiger partial charge in [0.2, 0.25) is 0 Å². The molecule has 0 spiro atoms. The van der Waals surface area contributed by atoms with Gasteiger partial charge in [-0.1, -0.05) is 15.9 Å². The number of halogens is 1. The molecule has 0 aliphatic carbocycles. The van der Waals surface area contributed by atoms with E-state index in [1.54, 1.807) is 43.5 Å². The van der Waals surface area contributed by atoms with E-state index < -0.39 is 5.97 Å². The molecule has 98 valence electrons. The molecule has 2 aromatic carbocycles. The number of methoxy groups -OCH3 is 1. The van der Waals surface area contributed by atoms with Crippen molar-refractivity contribution >= 4 is 21.9 Å². The lowest BCUT2D eigenvalue weighted by Gasteiger charge is -2.09. The minimum Gasteiger partial charge on any atom is -0.497 e. The summed E-state index contributed by atoms with van der Waals surface area (Å²) in [7, 11) is 1.58. The van der Waals surface area contributed by atoms with E-state index in [1.165, 1.54) is 6.07 Å². The van der Waals surface area contributed by atoms with E-state index in [0.29, 0.717) is 11.5 Å². The zero-order chi connectivity index (χ0) is 13.8. The van der Waals surface area contributed by atoms with Crippen LogP contribution in [0.2, 0.25) is 0 Å². The number of aromatic carboxylic acids is 1. The molecule has 0 fully saturated rings. The Labute approximate surface area is 118 Å². The van der Waals surface area contributed by atoms with Gasteiger partial charge in [-0.2, -0.15) is 0 Å². The van der Waals surface area contributed by atoms with E-state index in [9.17, 15) is 4.79 Å². The van der Waals surface area contributed by atoms with Crippen LogP contribution in [0.1, 0.15) is 10.4 Å². The molecule has 2 aromatic rings. The third-order valence-electron chi connectivity index (χ3n) is 2.46. The molecule has 0 saturated heterocycles. The summed E-state index contributed by atoms with van der Waals surface area (Å²) in [6.45, 7) is 0. The second-order valence-corrected chi connectivity index (χ2v) is 4.64. The summed E-state index contributed by atoms with van der Waals surface area (Å²) in [6.07, 6.45) is 0. The molecule has 0 radical (unpaired) electrons. The van der Waals surface area contributed by atoms with Gasteiger partial charge in [-0.3, -0.25) is 0 Å². The predicted molar refractivity (Wildman–Crippen MR) is 74.2 cm³/mol. The summed E-state index contributed by atoms with van der Waals surface area (Å²) in [6, 6.07) is 11.7. The van der Waals surface area contributed by atoms with Crippen molar-refractivity contribution in [1.29, 1.82) is 0 Å². The van der Waals surface area contributed by atoms with Crippen molar-refractivity contribution in [2.45, 2.75) is 0 Å². The van der Waals surface area contributed by atoms with Gasteiger partial charge in [-0.15, -0.1) is 0 Å². The van der Waals surface area contributed by atoms with Crippen LogP contribution in [0.5, 0.6) is 17.2 Å². The molecule has 5 heteroatoms. The zero-order valence-electron chi connectivity index (χ0n) is 10.1. The van der Waals surface area contributed by atoms with Gasteiger partial charge in [0.05, 0.1) is 7.11 Å². The summed E-state index contributed by atoms with van der Waals surface area (Å²) in [5.41, 5.74) is 0.110. The van der Waals surface area contributed by atoms with Crippen molar-refractivity contribution in [1.82, 2.24) is 0 Å². The monoisotopic (exact) mass is 322 g/mol. The third-order valence-corrected chi connectivity index (χ3v) is 2.95. The van der Waals surface area contributed by atoms with Gasteiger partial charge in [0, 0.05) is 4.47 Å². The van der Waals surface area contributed by atoms with Gasteiger partial charge in [-0.05, 0) is 42.5 Å². The number of hydrogen-bond donors (Lipinski definition) is 1. The molecule has 0 atom stereocenters. The van der Waals surface area contributed by atoms with Crippen LogP contribution >= 0.6 is 15.9 Å². The summed E-state index contributed by atoms with van der Waals surface area (Å²) in [5, 5.41) is 9.10. The molecule has 0 aromatic heterocycles. The van der Waals surface area contributed by atoms with Crippen molar-refractivity contribution in [2.75, 3.05) is 7.11 Å². The number of rotatable bonds is 4. The predicted octanol–water partition coefficient (Wildman–Crippen LogP) is 3.95. The number of benzene rings is 2. The topological polar surface area (TPSA) is 55.8 Å². The summed E-state index contributed by atoms with van der Waals surface area (Å²) in [4.78, 5) is 11.1. The number of ether oxygens (including phenoxy) is 2. The van der Waals surface area contributed by atoms with Crippen molar-refractivity contribution in [3.63, 3.8) is 0 Å². The maximum atomic E-state index is 11.1. The molecule has 0 amide bonds. The highest BCUT2D eigenvalue weighted by atomic mass is 79.9. The number of carbonyl (C=O) groups is 1. The second-order valence-electron chi connectivity index (χ2n) is 3.72. The molecule has 0 unspecified atom stereocenters.